The molecule has 9 heteroatoms. The summed E-state index contributed by atoms with van der Waals surface area (Å²) in [6, 6.07) is 4.23. The van der Waals surface area contributed by atoms with Crippen LogP contribution in [-0.4, -0.2) is 34.3 Å². The number of rotatable bonds is 7. The van der Waals surface area contributed by atoms with Crippen LogP contribution in [-0.2, 0) is 23.5 Å². The van der Waals surface area contributed by atoms with Gasteiger partial charge in [-0.25, -0.2) is 18.1 Å². The third-order valence-electron chi connectivity index (χ3n) is 3.76. The molecule has 0 aromatic carbocycles. The van der Waals surface area contributed by atoms with Crippen molar-refractivity contribution < 1.29 is 8.42 Å². The van der Waals surface area contributed by atoms with Crippen LogP contribution in [0, 0.1) is 0 Å². The smallest absolute Gasteiger partial charge is 0.259 e. The molecular weight excluding hydrogens is 358 g/mol. The predicted octanol–water partition coefficient (Wildman–Crippen LogP) is 2.45. The van der Waals surface area contributed by atoms with Crippen molar-refractivity contribution in [3.63, 3.8) is 0 Å². The second-order valence-corrected chi connectivity index (χ2v) is 8.95. The van der Waals surface area contributed by atoms with Crippen LogP contribution in [0.15, 0.2) is 42.1 Å². The minimum atomic E-state index is -3.58. The normalized spacial score (nSPS) is 12.2. The molecule has 0 unspecified atom stereocenters. The highest BCUT2D eigenvalue weighted by Crippen LogP contribution is 2.27. The highest BCUT2D eigenvalue weighted by atomic mass is 32.2. The molecular formula is C16H21N5O2S2. The lowest BCUT2D eigenvalue weighted by Crippen LogP contribution is -2.26. The van der Waals surface area contributed by atoms with Crippen molar-refractivity contribution in [2.45, 2.75) is 31.3 Å². The van der Waals surface area contributed by atoms with E-state index in [9.17, 15) is 8.42 Å². The highest BCUT2D eigenvalue weighted by molar-refractivity contribution is 7.89. The van der Waals surface area contributed by atoms with Gasteiger partial charge in [0.05, 0.1) is 12.5 Å². The van der Waals surface area contributed by atoms with Gasteiger partial charge in [0.2, 0.25) is 0 Å². The van der Waals surface area contributed by atoms with Crippen LogP contribution in [0.1, 0.15) is 24.8 Å². The van der Waals surface area contributed by atoms with Crippen LogP contribution in [0.3, 0.4) is 0 Å². The summed E-state index contributed by atoms with van der Waals surface area (Å²) in [6.07, 6.45) is 7.51. The van der Waals surface area contributed by atoms with Crippen molar-refractivity contribution >= 4 is 21.4 Å². The van der Waals surface area contributed by atoms with E-state index in [2.05, 4.69) is 14.8 Å². The first-order chi connectivity index (χ1) is 11.8. The Balaban J connectivity index is 1.59. The van der Waals surface area contributed by atoms with Crippen LogP contribution in [0.4, 0.5) is 0 Å². The van der Waals surface area contributed by atoms with Crippen LogP contribution in [0.5, 0.6) is 0 Å². The first-order valence-corrected chi connectivity index (χ1v) is 10.3. The molecule has 7 nitrogen and oxygen atoms in total. The summed E-state index contributed by atoms with van der Waals surface area (Å²) in [5, 5.41) is 4.23. The van der Waals surface area contributed by atoms with Gasteiger partial charge in [-0.3, -0.25) is 4.68 Å². The summed E-state index contributed by atoms with van der Waals surface area (Å²) in [5.41, 5.74) is 1.07. The van der Waals surface area contributed by atoms with Gasteiger partial charge in [0.1, 0.15) is 0 Å². The fourth-order valence-electron chi connectivity index (χ4n) is 2.34. The van der Waals surface area contributed by atoms with Crippen molar-refractivity contribution in [3.05, 3.63) is 41.9 Å². The van der Waals surface area contributed by atoms with Crippen LogP contribution >= 0.6 is 11.3 Å². The Morgan fingerprint density at radius 2 is 2.08 bits per heavy atom. The molecule has 0 saturated carbocycles. The second kappa shape index (κ2) is 7.11. The van der Waals surface area contributed by atoms with E-state index in [1.807, 2.05) is 45.4 Å². The summed E-state index contributed by atoms with van der Waals surface area (Å²) in [5.74, 6) is 0. The number of nitrogens with zero attached hydrogens (tertiary/aromatic N) is 4. The Bertz CT molecular complexity index is 953. The number of hydrogen-bond acceptors (Lipinski definition) is 5. The predicted molar refractivity (Wildman–Crippen MR) is 98.0 cm³/mol. The van der Waals surface area contributed by atoms with Gasteiger partial charge < -0.3 is 4.57 Å². The summed E-state index contributed by atoms with van der Waals surface area (Å²) in [6.45, 7) is 4.29. The maximum absolute atomic E-state index is 12.3. The number of imidazole rings is 1. The van der Waals surface area contributed by atoms with Crippen molar-refractivity contribution in [1.82, 2.24) is 24.1 Å². The van der Waals surface area contributed by atoms with E-state index < -0.39 is 10.0 Å². The Morgan fingerprint density at radius 1 is 1.28 bits per heavy atom. The number of thiophene rings is 1. The molecule has 25 heavy (non-hydrogen) atoms. The molecule has 134 valence electrons. The molecule has 3 aromatic rings. The molecule has 0 bridgehead atoms. The lowest BCUT2D eigenvalue weighted by Gasteiger charge is -2.05. The quantitative estimate of drug-likeness (QED) is 0.684. The average Bonchev–Trinajstić information content (AvgIpc) is 3.26. The molecule has 0 atom stereocenters. The number of aryl methyl sites for hydroxylation is 1. The maximum Gasteiger partial charge on any atom is 0.259 e. The monoisotopic (exact) mass is 379 g/mol. The van der Waals surface area contributed by atoms with Crippen LogP contribution in [0.25, 0.3) is 10.4 Å². The zero-order valence-corrected chi connectivity index (χ0v) is 16.0. The largest absolute Gasteiger partial charge is 0.334 e. The third kappa shape index (κ3) is 4.17. The number of nitrogens with one attached hydrogen (secondary N) is 1. The Hall–Kier alpha value is -1.97. The molecule has 0 fully saturated rings. The van der Waals surface area contributed by atoms with E-state index in [4.69, 9.17) is 0 Å². The Morgan fingerprint density at radius 3 is 2.72 bits per heavy atom. The van der Waals surface area contributed by atoms with Gasteiger partial charge in [0.25, 0.3) is 10.0 Å². The molecule has 0 spiro atoms. The van der Waals surface area contributed by atoms with Crippen molar-refractivity contribution in [3.8, 4) is 10.4 Å². The number of sulfonamides is 1. The Labute approximate surface area is 151 Å². The SMILES string of the molecule is CC(C)n1cnc(S(=O)(=O)NCCc2ccc(-c3cnn(C)c3)s2)c1. The fourth-order valence-corrected chi connectivity index (χ4v) is 4.28. The molecule has 1 N–H and O–H groups in total. The highest BCUT2D eigenvalue weighted by Gasteiger charge is 2.17. The van der Waals surface area contributed by atoms with Crippen molar-refractivity contribution in [2.75, 3.05) is 6.54 Å². The molecule has 0 aliphatic rings. The standard InChI is InChI=1S/C16H21N5O2S2/c1-12(2)21-10-16(17-11-21)25(22,23)19-7-6-14-4-5-15(24-14)13-8-18-20(3)9-13/h4-5,8-12,19H,6-7H2,1-3H3. The van der Waals surface area contributed by atoms with Crippen LogP contribution < -0.4 is 4.72 Å². The zero-order chi connectivity index (χ0) is 18.0. The van der Waals surface area contributed by atoms with E-state index in [0.29, 0.717) is 13.0 Å². The minimum Gasteiger partial charge on any atom is -0.334 e. The summed E-state index contributed by atoms with van der Waals surface area (Å²) < 4.78 is 30.7. The fraction of sp³-hybridized carbons (Fsp3) is 0.375. The molecule has 0 aliphatic carbocycles. The molecule has 0 radical (unpaired) electrons. The first kappa shape index (κ1) is 17.8. The summed E-state index contributed by atoms with van der Waals surface area (Å²) in [7, 11) is -1.69. The lowest BCUT2D eigenvalue weighted by molar-refractivity contribution is 0.576. The van der Waals surface area contributed by atoms with Crippen molar-refractivity contribution in [2.24, 2.45) is 7.05 Å². The molecule has 0 amide bonds. The first-order valence-electron chi connectivity index (χ1n) is 7.96. The summed E-state index contributed by atoms with van der Waals surface area (Å²) in [4.78, 5) is 6.23. The topological polar surface area (TPSA) is 81.8 Å². The molecule has 3 heterocycles. The molecule has 3 aromatic heterocycles. The number of aromatic nitrogens is 4. The van der Waals surface area contributed by atoms with E-state index >= 15 is 0 Å². The van der Waals surface area contributed by atoms with Gasteiger partial charge in [0, 0.05) is 47.3 Å². The average molecular weight is 380 g/mol. The zero-order valence-electron chi connectivity index (χ0n) is 14.4. The van der Waals surface area contributed by atoms with E-state index in [0.717, 1.165) is 15.3 Å². The van der Waals surface area contributed by atoms with E-state index in [-0.39, 0.29) is 11.1 Å². The second-order valence-electron chi connectivity index (χ2n) is 6.07. The lowest BCUT2D eigenvalue weighted by atomic mass is 10.3. The van der Waals surface area contributed by atoms with Gasteiger partial charge in [-0.1, -0.05) is 0 Å². The van der Waals surface area contributed by atoms with Gasteiger partial charge in [-0.2, -0.15) is 5.10 Å². The Kier molecular flexibility index (Phi) is 5.07. The minimum absolute atomic E-state index is 0.0587. The van der Waals surface area contributed by atoms with Crippen LogP contribution in [0.2, 0.25) is 0 Å². The third-order valence-corrected chi connectivity index (χ3v) is 6.30. The molecule has 3 rings (SSSR count). The van der Waals surface area contributed by atoms with Gasteiger partial charge >= 0.3 is 0 Å². The van der Waals surface area contributed by atoms with Gasteiger partial charge in [0.15, 0.2) is 5.03 Å². The van der Waals surface area contributed by atoms with Gasteiger partial charge in [-0.05, 0) is 32.4 Å². The molecule has 0 saturated heterocycles. The van der Waals surface area contributed by atoms with Gasteiger partial charge in [-0.15, -0.1) is 11.3 Å². The van der Waals surface area contributed by atoms with E-state index in [1.54, 1.807) is 33.1 Å². The molecule has 0 aliphatic heterocycles. The van der Waals surface area contributed by atoms with Crippen molar-refractivity contribution in [1.29, 1.82) is 0 Å². The van der Waals surface area contributed by atoms with E-state index in [1.165, 1.54) is 0 Å². The maximum atomic E-state index is 12.3. The summed E-state index contributed by atoms with van der Waals surface area (Å²) >= 11 is 1.65. The number of hydrogen-bond donors (Lipinski definition) is 1.